The summed E-state index contributed by atoms with van der Waals surface area (Å²) in [5.41, 5.74) is 8.81. The predicted octanol–water partition coefficient (Wildman–Crippen LogP) is 2.98. The van der Waals surface area contributed by atoms with Crippen LogP contribution in [0.15, 0.2) is 54.6 Å². The Morgan fingerprint density at radius 2 is 1.84 bits per heavy atom. The smallest absolute Gasteiger partial charge is 0.270 e. The number of aryl methyl sites for hydroxylation is 1. The number of amides is 3. The van der Waals surface area contributed by atoms with Crippen LogP contribution in [0.3, 0.4) is 0 Å². The van der Waals surface area contributed by atoms with Crippen molar-refractivity contribution in [2.24, 2.45) is 0 Å². The molecule has 1 aliphatic heterocycles. The lowest BCUT2D eigenvalue weighted by atomic mass is 10.0. The SMILES string of the molecule is Cc1ccc(-c2cc(C(=O)NNC(=O)CCN3CCCC3=O)c3ccccc3n2)cc1. The summed E-state index contributed by atoms with van der Waals surface area (Å²) in [6.45, 7) is 3.05. The van der Waals surface area contributed by atoms with E-state index < -0.39 is 5.91 Å². The lowest BCUT2D eigenvalue weighted by Crippen LogP contribution is -2.43. The van der Waals surface area contributed by atoms with Crippen LogP contribution < -0.4 is 10.9 Å². The summed E-state index contributed by atoms with van der Waals surface area (Å²) < 4.78 is 0. The van der Waals surface area contributed by atoms with Crippen molar-refractivity contribution in [1.29, 1.82) is 0 Å². The fraction of sp³-hybridized carbons (Fsp3) is 0.250. The Hall–Kier alpha value is -3.74. The van der Waals surface area contributed by atoms with Gasteiger partial charge in [-0.3, -0.25) is 25.2 Å². The van der Waals surface area contributed by atoms with Gasteiger partial charge in [0.25, 0.3) is 5.91 Å². The molecule has 0 saturated carbocycles. The van der Waals surface area contributed by atoms with Gasteiger partial charge in [0.1, 0.15) is 0 Å². The van der Waals surface area contributed by atoms with Crippen molar-refractivity contribution in [2.45, 2.75) is 26.2 Å². The maximum atomic E-state index is 12.9. The molecule has 31 heavy (non-hydrogen) atoms. The molecule has 2 N–H and O–H groups in total. The third kappa shape index (κ3) is 4.71. The second-order valence-corrected chi connectivity index (χ2v) is 7.67. The number of hydrogen-bond acceptors (Lipinski definition) is 4. The number of hydrazine groups is 1. The first-order valence-corrected chi connectivity index (χ1v) is 10.3. The molecule has 2 heterocycles. The molecule has 0 bridgehead atoms. The number of carbonyl (C=O) groups is 3. The van der Waals surface area contributed by atoms with E-state index >= 15 is 0 Å². The van der Waals surface area contributed by atoms with Crippen molar-refractivity contribution in [2.75, 3.05) is 13.1 Å². The molecule has 158 valence electrons. The molecule has 1 fully saturated rings. The first-order valence-electron chi connectivity index (χ1n) is 10.3. The van der Waals surface area contributed by atoms with Gasteiger partial charge < -0.3 is 4.90 Å². The lowest BCUT2D eigenvalue weighted by Gasteiger charge is -2.15. The van der Waals surface area contributed by atoms with E-state index in [4.69, 9.17) is 0 Å². The highest BCUT2D eigenvalue weighted by molar-refractivity contribution is 6.07. The Balaban J connectivity index is 1.49. The van der Waals surface area contributed by atoms with Crippen LogP contribution in [0.5, 0.6) is 0 Å². The van der Waals surface area contributed by atoms with Crippen LogP contribution in [-0.2, 0) is 9.59 Å². The summed E-state index contributed by atoms with van der Waals surface area (Å²) in [4.78, 5) is 43.1. The van der Waals surface area contributed by atoms with E-state index in [1.54, 1.807) is 11.0 Å². The highest BCUT2D eigenvalue weighted by Crippen LogP contribution is 2.25. The molecule has 0 atom stereocenters. The molecule has 1 aromatic heterocycles. The highest BCUT2D eigenvalue weighted by Gasteiger charge is 2.21. The van der Waals surface area contributed by atoms with E-state index in [2.05, 4.69) is 15.8 Å². The molecule has 7 heteroatoms. The molecule has 1 saturated heterocycles. The average Bonchev–Trinajstić information content (AvgIpc) is 3.20. The molecule has 7 nitrogen and oxygen atoms in total. The summed E-state index contributed by atoms with van der Waals surface area (Å²) in [5, 5.41) is 0.702. The number of rotatable bonds is 5. The van der Waals surface area contributed by atoms with E-state index in [1.807, 2.05) is 55.5 Å². The highest BCUT2D eigenvalue weighted by atomic mass is 16.2. The minimum atomic E-state index is -0.419. The Kier molecular flexibility index (Phi) is 5.93. The van der Waals surface area contributed by atoms with E-state index in [0.717, 1.165) is 17.5 Å². The average molecular weight is 416 g/mol. The Labute approximate surface area is 180 Å². The van der Waals surface area contributed by atoms with E-state index in [-0.39, 0.29) is 18.2 Å². The second kappa shape index (κ2) is 8.95. The van der Waals surface area contributed by atoms with Crippen LogP contribution in [0.4, 0.5) is 0 Å². The van der Waals surface area contributed by atoms with E-state index in [1.165, 1.54) is 0 Å². The van der Waals surface area contributed by atoms with E-state index in [9.17, 15) is 14.4 Å². The normalized spacial score (nSPS) is 13.5. The first kappa shape index (κ1) is 20.5. The summed E-state index contributed by atoms with van der Waals surface area (Å²) in [5.74, 6) is -0.688. The van der Waals surface area contributed by atoms with Gasteiger partial charge in [-0.1, -0.05) is 48.0 Å². The molecule has 0 aliphatic carbocycles. The second-order valence-electron chi connectivity index (χ2n) is 7.67. The number of pyridine rings is 1. The fourth-order valence-corrected chi connectivity index (χ4v) is 3.67. The number of aromatic nitrogens is 1. The number of para-hydroxylation sites is 1. The van der Waals surface area contributed by atoms with Crippen molar-refractivity contribution in [3.63, 3.8) is 0 Å². The van der Waals surface area contributed by atoms with Crippen molar-refractivity contribution in [1.82, 2.24) is 20.7 Å². The number of likely N-dealkylation sites (tertiary alicyclic amines) is 1. The standard InChI is InChI=1S/C24H24N4O3/c1-16-8-10-17(11-9-16)21-15-19(18-5-2-3-6-20(18)25-21)24(31)27-26-22(29)12-14-28-13-4-7-23(28)30/h2-3,5-6,8-11,15H,4,7,12-14H2,1H3,(H,26,29)(H,27,31). The molecule has 1 aliphatic rings. The van der Waals surface area contributed by atoms with Crippen LogP contribution in [0.1, 0.15) is 35.2 Å². The van der Waals surface area contributed by atoms with Crippen molar-refractivity contribution >= 4 is 28.6 Å². The number of carbonyl (C=O) groups excluding carboxylic acids is 3. The fourth-order valence-electron chi connectivity index (χ4n) is 3.67. The molecule has 0 unspecified atom stereocenters. The number of nitrogens with one attached hydrogen (secondary N) is 2. The largest absolute Gasteiger partial charge is 0.342 e. The molecular weight excluding hydrogens is 392 g/mol. The Morgan fingerprint density at radius 3 is 2.58 bits per heavy atom. The minimum absolute atomic E-state index is 0.0729. The maximum absolute atomic E-state index is 12.9. The lowest BCUT2D eigenvalue weighted by molar-refractivity contribution is -0.128. The summed E-state index contributed by atoms with van der Waals surface area (Å²) >= 11 is 0. The quantitative estimate of drug-likeness (QED) is 0.626. The predicted molar refractivity (Wildman–Crippen MR) is 118 cm³/mol. The molecule has 0 spiro atoms. The van der Waals surface area contributed by atoms with Gasteiger partial charge in [-0.15, -0.1) is 0 Å². The van der Waals surface area contributed by atoms with Crippen molar-refractivity contribution < 1.29 is 14.4 Å². The third-order valence-electron chi connectivity index (χ3n) is 5.40. The monoisotopic (exact) mass is 416 g/mol. The number of nitrogens with zero attached hydrogens (tertiary/aromatic N) is 2. The zero-order chi connectivity index (χ0) is 21.8. The van der Waals surface area contributed by atoms with Gasteiger partial charge in [0.15, 0.2) is 0 Å². The van der Waals surface area contributed by atoms with Gasteiger partial charge in [-0.2, -0.15) is 0 Å². The van der Waals surface area contributed by atoms with Crippen LogP contribution >= 0.6 is 0 Å². The van der Waals surface area contributed by atoms with Crippen LogP contribution in [0.25, 0.3) is 22.2 Å². The van der Waals surface area contributed by atoms with Gasteiger partial charge in [-0.25, -0.2) is 4.98 Å². The Morgan fingerprint density at radius 1 is 1.06 bits per heavy atom. The van der Waals surface area contributed by atoms with Crippen molar-refractivity contribution in [3.05, 3.63) is 65.7 Å². The number of hydrogen-bond donors (Lipinski definition) is 2. The number of fused-ring (bicyclic) bond motifs is 1. The first-order chi connectivity index (χ1) is 15.0. The van der Waals surface area contributed by atoms with E-state index in [0.29, 0.717) is 41.7 Å². The topological polar surface area (TPSA) is 91.4 Å². The van der Waals surface area contributed by atoms with Gasteiger partial charge in [0.2, 0.25) is 11.8 Å². The van der Waals surface area contributed by atoms with Crippen LogP contribution in [0.2, 0.25) is 0 Å². The molecule has 2 aromatic carbocycles. The van der Waals surface area contributed by atoms with Crippen molar-refractivity contribution in [3.8, 4) is 11.3 Å². The number of benzene rings is 2. The Bertz CT molecular complexity index is 1140. The molecule has 3 aromatic rings. The zero-order valence-corrected chi connectivity index (χ0v) is 17.4. The summed E-state index contributed by atoms with van der Waals surface area (Å²) in [6, 6.07) is 17.1. The van der Waals surface area contributed by atoms with Gasteiger partial charge in [-0.05, 0) is 25.5 Å². The summed E-state index contributed by atoms with van der Waals surface area (Å²) in [7, 11) is 0. The zero-order valence-electron chi connectivity index (χ0n) is 17.4. The minimum Gasteiger partial charge on any atom is -0.342 e. The maximum Gasteiger partial charge on any atom is 0.270 e. The molecule has 4 rings (SSSR count). The third-order valence-corrected chi connectivity index (χ3v) is 5.40. The van der Waals surface area contributed by atoms with Gasteiger partial charge >= 0.3 is 0 Å². The van der Waals surface area contributed by atoms with Gasteiger partial charge in [0.05, 0.1) is 16.8 Å². The van der Waals surface area contributed by atoms with Gasteiger partial charge in [0, 0.05) is 36.9 Å². The van der Waals surface area contributed by atoms with Crippen LogP contribution in [-0.4, -0.2) is 40.7 Å². The summed E-state index contributed by atoms with van der Waals surface area (Å²) in [6.07, 6.45) is 1.50. The van der Waals surface area contributed by atoms with Crippen LogP contribution in [0, 0.1) is 6.92 Å². The molecule has 0 radical (unpaired) electrons. The molecule has 3 amide bonds. The molecular formula is C24H24N4O3.